The van der Waals surface area contributed by atoms with Crippen molar-refractivity contribution >= 4 is 48.4 Å². The molecule has 0 aromatic rings. The Hall–Kier alpha value is 0.490. The van der Waals surface area contributed by atoms with E-state index in [1.807, 2.05) is 0 Å². The van der Waals surface area contributed by atoms with Gasteiger partial charge >= 0.3 is 13.6 Å². The lowest BCUT2D eigenvalue weighted by atomic mass is 10.7. The van der Waals surface area contributed by atoms with Crippen molar-refractivity contribution in [2.45, 2.75) is 16.6 Å². The highest BCUT2D eigenvalue weighted by Crippen LogP contribution is 2.52. The summed E-state index contributed by atoms with van der Waals surface area (Å²) in [7, 11) is -4.79. The molecule has 5 nitrogen and oxygen atoms in total. The highest BCUT2D eigenvalue weighted by Gasteiger charge is 2.48. The quantitative estimate of drug-likeness (QED) is 0.451. The molecule has 0 amide bonds. The highest BCUT2D eigenvalue weighted by molar-refractivity contribution is 7.53. The molecule has 0 aliphatic heterocycles. The predicted octanol–water partition coefficient (Wildman–Crippen LogP) is 1.42. The minimum atomic E-state index is -4.79. The number of hydrogen-bond donors (Lipinski definition) is 2. The van der Waals surface area contributed by atoms with Crippen LogP contribution in [0.3, 0.4) is 0 Å². The fourth-order valence-corrected chi connectivity index (χ4v) is 2.43. The van der Waals surface area contributed by atoms with E-state index in [4.69, 9.17) is 44.6 Å². The molecular weight excluding hydrogens is 265 g/mol. The lowest BCUT2D eigenvalue weighted by Crippen LogP contribution is -2.30. The van der Waals surface area contributed by atoms with Crippen LogP contribution in [0.2, 0.25) is 0 Å². The molecular formula is C4H6Cl3O5P. The molecule has 0 aromatic carbocycles. The Balaban J connectivity index is 4.79. The molecule has 0 saturated carbocycles. The van der Waals surface area contributed by atoms with Gasteiger partial charge in [0, 0.05) is 6.92 Å². The van der Waals surface area contributed by atoms with Gasteiger partial charge in [-0.2, -0.15) is 0 Å². The molecule has 78 valence electrons. The fourth-order valence-electron chi connectivity index (χ4n) is 0.483. The molecule has 13 heavy (non-hydrogen) atoms. The van der Waals surface area contributed by atoms with Crippen molar-refractivity contribution in [1.82, 2.24) is 0 Å². The second-order valence-corrected chi connectivity index (χ2v) is 6.11. The van der Waals surface area contributed by atoms with E-state index in [0.29, 0.717) is 0 Å². The van der Waals surface area contributed by atoms with Gasteiger partial charge in [-0.05, 0) is 0 Å². The van der Waals surface area contributed by atoms with Gasteiger partial charge in [0.15, 0.2) is 0 Å². The Bertz CT molecular complexity index is 243. The number of rotatable bonds is 2. The third kappa shape index (κ3) is 5.05. The Morgan fingerprint density at radius 2 is 1.85 bits per heavy atom. The van der Waals surface area contributed by atoms with E-state index >= 15 is 0 Å². The van der Waals surface area contributed by atoms with Gasteiger partial charge in [0.25, 0.3) is 0 Å². The van der Waals surface area contributed by atoms with Crippen LogP contribution in [0.5, 0.6) is 0 Å². The average molecular weight is 271 g/mol. The van der Waals surface area contributed by atoms with E-state index in [1.54, 1.807) is 0 Å². The van der Waals surface area contributed by atoms with Crippen molar-refractivity contribution in [3.63, 3.8) is 0 Å². The van der Waals surface area contributed by atoms with Gasteiger partial charge in [-0.1, -0.05) is 34.8 Å². The molecule has 0 radical (unpaired) electrons. The third-order valence-corrected chi connectivity index (χ3v) is 3.02. The summed E-state index contributed by atoms with van der Waals surface area (Å²) in [6.07, 6.45) is 0. The van der Waals surface area contributed by atoms with Crippen LogP contribution in [0.1, 0.15) is 6.92 Å². The molecule has 0 aliphatic carbocycles. The van der Waals surface area contributed by atoms with Gasteiger partial charge in [0.05, 0.1) is 0 Å². The summed E-state index contributed by atoms with van der Waals surface area (Å²) in [6.45, 7) is 0.944. The van der Waals surface area contributed by atoms with Crippen LogP contribution in [0.15, 0.2) is 0 Å². The van der Waals surface area contributed by atoms with Crippen molar-refractivity contribution in [2.75, 3.05) is 0 Å². The minimum Gasteiger partial charge on any atom is -0.445 e. The standard InChI is InChI=1S/C4H6Cl3O5P/c1-2(8)12-3(4(5,6)7)13(9,10)11/h3H,1H3,(H2,9,10,11)/t3-/m0/s1. The summed E-state index contributed by atoms with van der Waals surface area (Å²) in [5, 5.41) is 0. The number of esters is 1. The molecule has 0 aromatic heterocycles. The topological polar surface area (TPSA) is 83.8 Å². The van der Waals surface area contributed by atoms with Gasteiger partial charge in [-0.25, -0.2) is 0 Å². The summed E-state index contributed by atoms with van der Waals surface area (Å²) in [4.78, 5) is 27.7. The smallest absolute Gasteiger partial charge is 0.370 e. The van der Waals surface area contributed by atoms with E-state index in [9.17, 15) is 9.36 Å². The lowest BCUT2D eigenvalue weighted by molar-refractivity contribution is -0.143. The van der Waals surface area contributed by atoms with Crippen LogP contribution in [0, 0.1) is 0 Å². The zero-order valence-corrected chi connectivity index (χ0v) is 9.44. The monoisotopic (exact) mass is 270 g/mol. The van der Waals surface area contributed by atoms with E-state index in [-0.39, 0.29) is 0 Å². The molecule has 0 bridgehead atoms. The average Bonchev–Trinajstić information content (AvgIpc) is 1.77. The Morgan fingerprint density at radius 3 is 1.92 bits per heavy atom. The van der Waals surface area contributed by atoms with E-state index < -0.39 is 23.2 Å². The number of alkyl halides is 3. The molecule has 0 fully saturated rings. The van der Waals surface area contributed by atoms with Crippen molar-refractivity contribution in [2.24, 2.45) is 0 Å². The first-order valence-electron chi connectivity index (χ1n) is 2.84. The molecule has 0 unspecified atom stereocenters. The van der Waals surface area contributed by atoms with Gasteiger partial charge in [0.2, 0.25) is 9.64 Å². The first-order chi connectivity index (χ1) is 5.55. The lowest BCUT2D eigenvalue weighted by Gasteiger charge is -2.24. The van der Waals surface area contributed by atoms with Gasteiger partial charge in [-0.15, -0.1) is 0 Å². The predicted molar refractivity (Wildman–Crippen MR) is 47.9 cm³/mol. The number of ether oxygens (including phenoxy) is 1. The Kier molecular flexibility index (Phi) is 4.50. The molecule has 2 N–H and O–H groups in total. The minimum absolute atomic E-state index is 0.944. The number of halogens is 3. The fraction of sp³-hybridized carbons (Fsp3) is 0.750. The largest absolute Gasteiger partial charge is 0.445 e. The van der Waals surface area contributed by atoms with Crippen molar-refractivity contribution in [1.29, 1.82) is 0 Å². The molecule has 0 spiro atoms. The number of carbonyl (C=O) groups excluding carboxylic acids is 1. The van der Waals surface area contributed by atoms with Crippen molar-refractivity contribution < 1.29 is 23.9 Å². The molecule has 1 atom stereocenters. The number of carbonyl (C=O) groups is 1. The molecule has 9 heteroatoms. The summed E-state index contributed by atoms with van der Waals surface area (Å²) in [5.74, 6) is -3.03. The SMILES string of the molecule is CC(=O)O[C@H](C(Cl)(Cl)Cl)P(=O)(O)O. The van der Waals surface area contributed by atoms with Crippen LogP contribution in [0.25, 0.3) is 0 Å². The number of hydrogen-bond acceptors (Lipinski definition) is 3. The molecule has 0 aliphatic rings. The Labute approximate surface area is 89.1 Å². The zero-order valence-electron chi connectivity index (χ0n) is 6.28. The first-order valence-corrected chi connectivity index (χ1v) is 5.66. The molecule has 0 heterocycles. The second kappa shape index (κ2) is 4.34. The highest BCUT2D eigenvalue weighted by atomic mass is 35.6. The van der Waals surface area contributed by atoms with Gasteiger partial charge < -0.3 is 14.5 Å². The Morgan fingerprint density at radius 1 is 1.46 bits per heavy atom. The summed E-state index contributed by atoms with van der Waals surface area (Å²) >= 11 is 15.6. The maximum absolute atomic E-state index is 10.7. The molecule has 0 rings (SSSR count). The van der Waals surface area contributed by atoms with Crippen LogP contribution in [0.4, 0.5) is 0 Å². The van der Waals surface area contributed by atoms with Crippen LogP contribution >= 0.6 is 42.4 Å². The van der Waals surface area contributed by atoms with Crippen LogP contribution in [-0.4, -0.2) is 25.4 Å². The van der Waals surface area contributed by atoms with E-state index in [2.05, 4.69) is 4.74 Å². The van der Waals surface area contributed by atoms with Gasteiger partial charge in [-0.3, -0.25) is 9.36 Å². The summed E-state index contributed by atoms with van der Waals surface area (Å²) < 4.78 is 12.5. The van der Waals surface area contributed by atoms with E-state index in [1.165, 1.54) is 0 Å². The molecule has 0 saturated heterocycles. The summed E-state index contributed by atoms with van der Waals surface area (Å²) in [6, 6.07) is 0. The second-order valence-electron chi connectivity index (χ2n) is 2.09. The maximum atomic E-state index is 10.7. The zero-order chi connectivity index (χ0) is 10.9. The van der Waals surface area contributed by atoms with Crippen molar-refractivity contribution in [3.05, 3.63) is 0 Å². The first kappa shape index (κ1) is 13.5. The van der Waals surface area contributed by atoms with Crippen LogP contribution in [-0.2, 0) is 14.1 Å². The van der Waals surface area contributed by atoms with E-state index in [0.717, 1.165) is 6.92 Å². The van der Waals surface area contributed by atoms with Crippen LogP contribution < -0.4 is 0 Å². The summed E-state index contributed by atoms with van der Waals surface area (Å²) in [5.41, 5.74) is 0. The maximum Gasteiger partial charge on any atom is 0.370 e. The van der Waals surface area contributed by atoms with Crippen molar-refractivity contribution in [3.8, 4) is 0 Å². The van der Waals surface area contributed by atoms with Gasteiger partial charge in [0.1, 0.15) is 0 Å². The normalized spacial score (nSPS) is 15.2. The third-order valence-electron chi connectivity index (χ3n) is 0.863.